The Bertz CT molecular complexity index is 1790. The van der Waals surface area contributed by atoms with E-state index in [1.807, 2.05) is 0 Å². The third kappa shape index (κ3) is 8.09. The van der Waals surface area contributed by atoms with E-state index in [0.717, 1.165) is 6.08 Å². The minimum atomic E-state index is -1.85. The second-order valence-electron chi connectivity index (χ2n) is 14.1. The summed E-state index contributed by atoms with van der Waals surface area (Å²) in [5, 5.41) is 36.9. The van der Waals surface area contributed by atoms with Crippen LogP contribution in [0.4, 0.5) is 0 Å². The second kappa shape index (κ2) is 16.1. The maximum atomic E-state index is 13.7. The van der Waals surface area contributed by atoms with Crippen molar-refractivity contribution in [1.82, 2.24) is 5.32 Å². The van der Waals surface area contributed by atoms with Gasteiger partial charge in [-0.05, 0) is 19.9 Å². The van der Waals surface area contributed by atoms with Crippen LogP contribution in [0.3, 0.4) is 0 Å². The van der Waals surface area contributed by atoms with Crippen molar-refractivity contribution in [2.24, 2.45) is 23.7 Å². The number of esters is 2. The number of carbonyl (C=O) groups is 5. The summed E-state index contributed by atoms with van der Waals surface area (Å²) >= 11 is 0. The van der Waals surface area contributed by atoms with E-state index in [0.29, 0.717) is 0 Å². The molecule has 288 valence electrons. The molecule has 0 saturated carbocycles. The summed E-state index contributed by atoms with van der Waals surface area (Å²) in [7, 11) is 1.43. The van der Waals surface area contributed by atoms with Crippen LogP contribution < -0.4 is 10.1 Å². The van der Waals surface area contributed by atoms with Gasteiger partial charge in [0, 0.05) is 79.9 Å². The molecule has 1 aromatic carbocycles. The summed E-state index contributed by atoms with van der Waals surface area (Å²) in [6, 6.07) is 0. The summed E-state index contributed by atoms with van der Waals surface area (Å²) in [6.45, 7) is 13.8. The van der Waals surface area contributed by atoms with E-state index < -0.39 is 101 Å². The van der Waals surface area contributed by atoms with Crippen LogP contribution >= 0.6 is 0 Å². The fourth-order valence-electron chi connectivity index (χ4n) is 7.16. The highest BCUT2D eigenvalue weighted by molar-refractivity contribution is 6.27. The zero-order valence-corrected chi connectivity index (χ0v) is 31.6. The quantitative estimate of drug-likeness (QED) is 0.324. The topological polar surface area (TPSA) is 204 Å². The van der Waals surface area contributed by atoms with Gasteiger partial charge < -0.3 is 44.3 Å². The van der Waals surface area contributed by atoms with Gasteiger partial charge in [-0.15, -0.1) is 0 Å². The number of phenols is 1. The molecule has 0 radical (unpaired) electrons. The highest BCUT2D eigenvalue weighted by Crippen LogP contribution is 2.52. The van der Waals surface area contributed by atoms with Gasteiger partial charge in [0.25, 0.3) is 11.7 Å². The lowest BCUT2D eigenvalue weighted by Gasteiger charge is -2.38. The first-order chi connectivity index (χ1) is 24.7. The fraction of sp³-hybridized carbons (Fsp3) is 0.513. The molecule has 3 aliphatic heterocycles. The molecule has 1 amide bonds. The molecule has 1 aromatic rings. The number of benzene rings is 1. The van der Waals surface area contributed by atoms with E-state index in [2.05, 4.69) is 5.32 Å². The van der Waals surface area contributed by atoms with Gasteiger partial charge >= 0.3 is 11.9 Å². The highest BCUT2D eigenvalue weighted by Gasteiger charge is 2.51. The summed E-state index contributed by atoms with van der Waals surface area (Å²) in [4.78, 5) is 65.0. The summed E-state index contributed by atoms with van der Waals surface area (Å²) < 4.78 is 29.1. The molecule has 0 spiro atoms. The summed E-state index contributed by atoms with van der Waals surface area (Å²) in [5.41, 5.74) is -0.925. The molecule has 10 unspecified atom stereocenters. The van der Waals surface area contributed by atoms with Crippen LogP contribution in [0.1, 0.15) is 93.3 Å². The number of carbonyl (C=O) groups excluding carboxylic acids is 5. The second-order valence-corrected chi connectivity index (χ2v) is 14.1. The maximum absolute atomic E-state index is 13.7. The van der Waals surface area contributed by atoms with Crippen LogP contribution in [0.2, 0.25) is 0 Å². The smallest absolute Gasteiger partial charge is 0.302 e. The Balaban J connectivity index is 1.85. The molecule has 3 heterocycles. The largest absolute Gasteiger partial charge is 0.507 e. The highest BCUT2D eigenvalue weighted by atomic mass is 16.7. The summed E-state index contributed by atoms with van der Waals surface area (Å²) in [5.74, 6) is -8.41. The van der Waals surface area contributed by atoms with E-state index in [1.54, 1.807) is 39.8 Å². The number of ketones is 2. The van der Waals surface area contributed by atoms with E-state index in [4.69, 9.17) is 23.7 Å². The van der Waals surface area contributed by atoms with E-state index in [9.17, 15) is 39.3 Å². The van der Waals surface area contributed by atoms with Crippen LogP contribution in [0.25, 0.3) is 0 Å². The Morgan fingerprint density at radius 2 is 1.51 bits per heavy atom. The Labute approximate surface area is 308 Å². The Kier molecular flexibility index (Phi) is 12.4. The van der Waals surface area contributed by atoms with Crippen LogP contribution in [-0.2, 0) is 33.3 Å². The number of Topliss-reactive ketones (excluding diaryl/α,β-unsaturated/α-hetero) is 1. The predicted molar refractivity (Wildman–Crippen MR) is 189 cm³/mol. The summed E-state index contributed by atoms with van der Waals surface area (Å²) in [6.07, 6.45) is 3.03. The SMILES string of the molecule is COC1/C=C/OC2(C)Oc3c(C)c(O)c4c(c3C2O)C(=O)C=C(NC(=O)/C(C)=C\C=C\C(C)C(OC(C)=O)C(C)C(O)C(C)C(OC(C)=O)C1C)C4=O. The average Bonchev–Trinajstić information content (AvgIpc) is 3.36. The van der Waals surface area contributed by atoms with Crippen LogP contribution in [0.5, 0.6) is 11.5 Å². The van der Waals surface area contributed by atoms with Gasteiger partial charge in [0.15, 0.2) is 11.9 Å². The number of hydrogen-bond acceptors (Lipinski definition) is 13. The standard InChI is InChI=1S/C39H49NO13/c1-17-12-11-13-18(2)38(48)40-25-16-26(43)28-29(33(25)46)32(45)22(6)36-30(28)37(47)39(9,53-36)50-15-14-27(49-10)19(3)35(52-24(8)42)21(5)31(44)20(4)34(17)51-23(7)41/h11-17,19-21,27,31,34-35,37,44-45,47H,1-10H3,(H,40,48)/b12-11+,15-14+,18-13-. The zero-order chi connectivity index (χ0) is 39.7. The first-order valence-corrected chi connectivity index (χ1v) is 17.4. The first-order valence-electron chi connectivity index (χ1n) is 17.4. The predicted octanol–water partition coefficient (Wildman–Crippen LogP) is 4.05. The molecule has 4 aliphatic rings. The van der Waals surface area contributed by atoms with E-state index in [1.165, 1.54) is 60.1 Å². The number of methoxy groups -OCH3 is 1. The molecule has 5 bridgehead atoms. The van der Waals surface area contributed by atoms with Crippen LogP contribution in [0.15, 0.2) is 47.9 Å². The molecule has 53 heavy (non-hydrogen) atoms. The van der Waals surface area contributed by atoms with Crippen molar-refractivity contribution in [3.63, 3.8) is 0 Å². The number of amides is 1. The minimum Gasteiger partial charge on any atom is -0.507 e. The number of aliphatic hydroxyl groups excluding tert-OH is 2. The van der Waals surface area contributed by atoms with Gasteiger partial charge in [-0.25, -0.2) is 0 Å². The number of allylic oxidation sites excluding steroid dienone is 4. The number of nitrogens with one attached hydrogen (secondary N) is 1. The molecule has 1 aliphatic carbocycles. The molecular weight excluding hydrogens is 690 g/mol. The van der Waals surface area contributed by atoms with Crippen molar-refractivity contribution in [1.29, 1.82) is 0 Å². The molecule has 14 nitrogen and oxygen atoms in total. The molecule has 14 heteroatoms. The third-order valence-electron chi connectivity index (χ3n) is 10.2. The van der Waals surface area contributed by atoms with Gasteiger partial charge in [0.2, 0.25) is 5.78 Å². The maximum Gasteiger partial charge on any atom is 0.302 e. The van der Waals surface area contributed by atoms with Crippen molar-refractivity contribution in [2.45, 2.75) is 98.6 Å². The van der Waals surface area contributed by atoms with Gasteiger partial charge in [-0.2, -0.15) is 0 Å². The molecule has 5 rings (SSSR count). The lowest BCUT2D eigenvalue weighted by Crippen LogP contribution is -2.47. The van der Waals surface area contributed by atoms with E-state index in [-0.39, 0.29) is 33.7 Å². The zero-order valence-electron chi connectivity index (χ0n) is 31.6. The van der Waals surface area contributed by atoms with Crippen molar-refractivity contribution in [3.05, 3.63) is 70.2 Å². The number of rotatable bonds is 3. The minimum absolute atomic E-state index is 0.0485. The van der Waals surface area contributed by atoms with Crippen molar-refractivity contribution < 1.29 is 63.0 Å². The Morgan fingerprint density at radius 1 is 0.906 bits per heavy atom. The van der Waals surface area contributed by atoms with Crippen molar-refractivity contribution in [2.75, 3.05) is 7.11 Å². The molecular formula is C39H49NO13. The van der Waals surface area contributed by atoms with Gasteiger partial charge in [-0.1, -0.05) is 45.9 Å². The number of ether oxygens (including phenoxy) is 5. The monoisotopic (exact) mass is 739 g/mol. The number of aromatic hydroxyl groups is 1. The first kappa shape index (κ1) is 41.0. The fourth-order valence-corrected chi connectivity index (χ4v) is 7.16. The normalized spacial score (nSPS) is 34.4. The van der Waals surface area contributed by atoms with Crippen LogP contribution in [0, 0.1) is 30.6 Å². The number of fused-ring (bicyclic) bond motifs is 14. The van der Waals surface area contributed by atoms with Gasteiger partial charge in [0.1, 0.15) is 23.7 Å². The number of phenolic OH excluding ortho intramolecular Hbond substituents is 1. The van der Waals surface area contributed by atoms with Crippen molar-refractivity contribution >= 4 is 29.4 Å². The van der Waals surface area contributed by atoms with E-state index >= 15 is 0 Å². The van der Waals surface area contributed by atoms with Gasteiger partial charge in [0.05, 0.1) is 29.7 Å². The molecule has 0 saturated heterocycles. The van der Waals surface area contributed by atoms with Gasteiger partial charge in [-0.3, -0.25) is 24.0 Å². The molecule has 4 N–H and O–H groups in total. The Hall–Kier alpha value is -4.79. The lowest BCUT2D eigenvalue weighted by atomic mass is 9.78. The third-order valence-corrected chi connectivity index (χ3v) is 10.2. The Morgan fingerprint density at radius 3 is 2.11 bits per heavy atom. The average molecular weight is 740 g/mol. The number of hydrogen-bond donors (Lipinski definition) is 4. The van der Waals surface area contributed by atoms with Crippen LogP contribution in [-0.4, -0.2) is 82.0 Å². The number of aliphatic hydroxyl groups is 2. The molecule has 0 fully saturated rings. The lowest BCUT2D eigenvalue weighted by molar-refractivity contribution is -0.181. The molecule has 0 aromatic heterocycles. The molecule has 10 atom stereocenters. The van der Waals surface area contributed by atoms with Crippen molar-refractivity contribution in [3.8, 4) is 11.5 Å².